The van der Waals surface area contributed by atoms with Crippen LogP contribution in [0, 0.1) is 11.3 Å². The Balaban J connectivity index is 2.20. The highest BCUT2D eigenvalue weighted by molar-refractivity contribution is 9.10. The van der Waals surface area contributed by atoms with Gasteiger partial charge in [-0.1, -0.05) is 22.4 Å². The molecule has 0 bridgehead atoms. The highest BCUT2D eigenvalue weighted by atomic mass is 79.9. The van der Waals surface area contributed by atoms with E-state index in [0.717, 1.165) is 35.4 Å². The van der Waals surface area contributed by atoms with Crippen molar-refractivity contribution in [2.24, 2.45) is 4.99 Å². The molecule has 1 aromatic carbocycles. The van der Waals surface area contributed by atoms with Crippen molar-refractivity contribution in [1.82, 2.24) is 0 Å². The van der Waals surface area contributed by atoms with Crippen LogP contribution < -0.4 is 5.32 Å². The van der Waals surface area contributed by atoms with E-state index in [-0.39, 0.29) is 0 Å². The fourth-order valence-corrected chi connectivity index (χ4v) is 2.21. The third kappa shape index (κ3) is 3.31. The van der Waals surface area contributed by atoms with Crippen LogP contribution in [0.25, 0.3) is 0 Å². The van der Waals surface area contributed by atoms with Gasteiger partial charge in [-0.25, -0.2) is 0 Å². The summed E-state index contributed by atoms with van der Waals surface area (Å²) in [5, 5.41) is 12.3. The fraction of sp³-hybridized carbons (Fsp3) is 0.385. The van der Waals surface area contributed by atoms with Gasteiger partial charge < -0.3 is 5.32 Å². The number of amidine groups is 1. The lowest BCUT2D eigenvalue weighted by Gasteiger charge is -2.10. The Morgan fingerprint density at radius 2 is 2.18 bits per heavy atom. The zero-order valence-electron chi connectivity index (χ0n) is 9.54. The van der Waals surface area contributed by atoms with E-state index in [1.807, 2.05) is 18.2 Å². The predicted molar refractivity (Wildman–Crippen MR) is 73.2 cm³/mol. The van der Waals surface area contributed by atoms with E-state index in [9.17, 15) is 0 Å². The minimum absolute atomic E-state index is 0.653. The molecule has 0 amide bonds. The standard InChI is InChI=1S/C13H14BrN3/c14-11-6-5-10(9-15)12(8-11)17-13-4-2-1-3-7-16-13/h5-6,8H,1-4,7H2,(H,16,17). The highest BCUT2D eigenvalue weighted by Crippen LogP contribution is 2.22. The maximum atomic E-state index is 9.05. The molecule has 0 saturated carbocycles. The molecule has 2 rings (SSSR count). The molecule has 0 aromatic heterocycles. The smallest absolute Gasteiger partial charge is 0.101 e. The van der Waals surface area contributed by atoms with Crippen LogP contribution in [0.4, 0.5) is 5.69 Å². The van der Waals surface area contributed by atoms with Crippen LogP contribution in [0.1, 0.15) is 31.2 Å². The van der Waals surface area contributed by atoms with Crippen molar-refractivity contribution in [3.8, 4) is 6.07 Å². The lowest BCUT2D eigenvalue weighted by atomic mass is 10.1. The van der Waals surface area contributed by atoms with Gasteiger partial charge in [0.05, 0.1) is 11.3 Å². The van der Waals surface area contributed by atoms with Crippen molar-refractivity contribution in [2.75, 3.05) is 11.9 Å². The molecule has 0 fully saturated rings. The number of nitrogens with zero attached hydrogens (tertiary/aromatic N) is 2. The Labute approximate surface area is 110 Å². The van der Waals surface area contributed by atoms with E-state index in [2.05, 4.69) is 32.3 Å². The average Bonchev–Trinajstić information content (AvgIpc) is 2.58. The summed E-state index contributed by atoms with van der Waals surface area (Å²) in [7, 11) is 0. The van der Waals surface area contributed by atoms with Crippen molar-refractivity contribution < 1.29 is 0 Å². The molecule has 1 aliphatic rings. The molecular weight excluding hydrogens is 278 g/mol. The van der Waals surface area contributed by atoms with E-state index >= 15 is 0 Å². The highest BCUT2D eigenvalue weighted by Gasteiger charge is 2.08. The van der Waals surface area contributed by atoms with Crippen LogP contribution in [0.15, 0.2) is 27.7 Å². The van der Waals surface area contributed by atoms with Crippen LogP contribution >= 0.6 is 15.9 Å². The molecule has 4 heteroatoms. The number of rotatable bonds is 1. The van der Waals surface area contributed by atoms with Crippen LogP contribution in [-0.4, -0.2) is 12.4 Å². The third-order valence-corrected chi connectivity index (χ3v) is 3.25. The van der Waals surface area contributed by atoms with Gasteiger partial charge in [0.25, 0.3) is 0 Å². The molecule has 1 N–H and O–H groups in total. The van der Waals surface area contributed by atoms with Gasteiger partial charge in [0.2, 0.25) is 0 Å². The molecule has 0 atom stereocenters. The number of nitriles is 1. The summed E-state index contributed by atoms with van der Waals surface area (Å²) >= 11 is 3.42. The molecule has 17 heavy (non-hydrogen) atoms. The zero-order chi connectivity index (χ0) is 12.1. The Morgan fingerprint density at radius 1 is 1.29 bits per heavy atom. The molecule has 0 aliphatic carbocycles. The second kappa shape index (κ2) is 5.83. The topological polar surface area (TPSA) is 48.2 Å². The first-order valence-electron chi connectivity index (χ1n) is 5.79. The Hall–Kier alpha value is -1.34. The second-order valence-corrected chi connectivity index (χ2v) is 4.98. The Morgan fingerprint density at radius 3 is 3.00 bits per heavy atom. The van der Waals surface area contributed by atoms with E-state index in [0.29, 0.717) is 5.56 Å². The summed E-state index contributed by atoms with van der Waals surface area (Å²) in [6, 6.07) is 7.80. The third-order valence-electron chi connectivity index (χ3n) is 2.76. The first-order valence-corrected chi connectivity index (χ1v) is 6.59. The quantitative estimate of drug-likeness (QED) is 0.857. The normalized spacial score (nSPS) is 15.6. The summed E-state index contributed by atoms with van der Waals surface area (Å²) < 4.78 is 0.966. The van der Waals surface area contributed by atoms with Crippen molar-refractivity contribution in [3.05, 3.63) is 28.2 Å². The lowest BCUT2D eigenvalue weighted by Crippen LogP contribution is -2.12. The Bertz CT molecular complexity index is 474. The zero-order valence-corrected chi connectivity index (χ0v) is 11.1. The molecule has 1 aliphatic heterocycles. The first kappa shape index (κ1) is 12.1. The molecule has 88 valence electrons. The SMILES string of the molecule is N#Cc1ccc(Br)cc1NC1=NCCCCC1. The number of hydrogen-bond acceptors (Lipinski definition) is 3. The van der Waals surface area contributed by atoms with E-state index in [4.69, 9.17) is 5.26 Å². The summed E-state index contributed by atoms with van der Waals surface area (Å²) in [6.45, 7) is 0.887. The molecular formula is C13H14BrN3. The summed E-state index contributed by atoms with van der Waals surface area (Å²) in [5.41, 5.74) is 1.49. The number of aliphatic imine (C=N–C) groups is 1. The van der Waals surface area contributed by atoms with Crippen molar-refractivity contribution in [2.45, 2.75) is 25.7 Å². The second-order valence-electron chi connectivity index (χ2n) is 4.07. The van der Waals surface area contributed by atoms with E-state index in [1.54, 1.807) is 0 Å². The first-order chi connectivity index (χ1) is 8.29. The van der Waals surface area contributed by atoms with Crippen LogP contribution in [0.3, 0.4) is 0 Å². The van der Waals surface area contributed by atoms with Gasteiger partial charge in [-0.2, -0.15) is 5.26 Å². The largest absolute Gasteiger partial charge is 0.343 e. The fourth-order valence-electron chi connectivity index (χ4n) is 1.85. The molecule has 0 unspecified atom stereocenters. The number of anilines is 1. The van der Waals surface area contributed by atoms with Crippen LogP contribution in [-0.2, 0) is 0 Å². The van der Waals surface area contributed by atoms with Crippen molar-refractivity contribution >= 4 is 27.5 Å². The summed E-state index contributed by atoms with van der Waals surface area (Å²) in [4.78, 5) is 4.50. The maximum absolute atomic E-state index is 9.05. The van der Waals surface area contributed by atoms with Crippen LogP contribution in [0.5, 0.6) is 0 Å². The minimum atomic E-state index is 0.653. The van der Waals surface area contributed by atoms with E-state index in [1.165, 1.54) is 12.8 Å². The van der Waals surface area contributed by atoms with Gasteiger partial charge in [-0.05, 0) is 31.0 Å². The van der Waals surface area contributed by atoms with Crippen LogP contribution in [0.2, 0.25) is 0 Å². The number of hydrogen-bond donors (Lipinski definition) is 1. The van der Waals surface area contributed by atoms with Crippen molar-refractivity contribution in [1.29, 1.82) is 5.26 Å². The van der Waals surface area contributed by atoms with E-state index < -0.39 is 0 Å². The van der Waals surface area contributed by atoms with Gasteiger partial charge in [0, 0.05) is 17.4 Å². The molecule has 0 radical (unpaired) electrons. The predicted octanol–water partition coefficient (Wildman–Crippen LogP) is 3.71. The molecule has 1 aromatic rings. The van der Waals surface area contributed by atoms with Gasteiger partial charge in [-0.15, -0.1) is 0 Å². The number of nitrogens with one attached hydrogen (secondary N) is 1. The van der Waals surface area contributed by atoms with Gasteiger partial charge in [-0.3, -0.25) is 4.99 Å². The van der Waals surface area contributed by atoms with Gasteiger partial charge in [0.15, 0.2) is 0 Å². The minimum Gasteiger partial charge on any atom is -0.343 e. The molecule has 0 spiro atoms. The van der Waals surface area contributed by atoms with Crippen molar-refractivity contribution in [3.63, 3.8) is 0 Å². The van der Waals surface area contributed by atoms with Gasteiger partial charge >= 0.3 is 0 Å². The maximum Gasteiger partial charge on any atom is 0.101 e. The summed E-state index contributed by atoms with van der Waals surface area (Å²) in [6.07, 6.45) is 4.53. The molecule has 3 nitrogen and oxygen atoms in total. The average molecular weight is 292 g/mol. The monoisotopic (exact) mass is 291 g/mol. The van der Waals surface area contributed by atoms with Gasteiger partial charge in [0.1, 0.15) is 11.9 Å². The number of benzene rings is 1. The number of halogens is 1. The summed E-state index contributed by atoms with van der Waals surface area (Å²) in [5.74, 6) is 0.997. The Kier molecular flexibility index (Phi) is 4.16. The lowest BCUT2D eigenvalue weighted by molar-refractivity contribution is 0.731. The molecule has 1 heterocycles. The molecule has 0 saturated heterocycles.